The molecule has 13 rings (SSSR count). The van der Waals surface area contributed by atoms with Gasteiger partial charge in [-0.15, -0.1) is 11.3 Å². The molecule has 0 bridgehead atoms. The zero-order valence-electron chi connectivity index (χ0n) is 31.6. The van der Waals surface area contributed by atoms with Gasteiger partial charge in [-0.2, -0.15) is 0 Å². The number of para-hydroxylation sites is 1. The van der Waals surface area contributed by atoms with Gasteiger partial charge in [-0.05, 0) is 75.2 Å². The first-order chi connectivity index (χ1) is 29.2. The molecule has 4 heterocycles. The Bertz CT molecular complexity index is 3490. The van der Waals surface area contributed by atoms with E-state index in [-0.39, 0.29) is 0 Å². The van der Waals surface area contributed by atoms with Crippen LogP contribution >= 0.6 is 23.1 Å². The lowest BCUT2D eigenvalue weighted by molar-refractivity contribution is 0.723. The number of pyridine rings is 1. The molecule has 0 saturated heterocycles. The highest BCUT2D eigenvalue weighted by molar-refractivity contribution is 7.99. The van der Waals surface area contributed by atoms with E-state index in [0.717, 1.165) is 65.8 Å². The molecule has 3 nitrogen and oxygen atoms in total. The highest BCUT2D eigenvalue weighted by atomic mass is 32.2. The second-order valence-corrected chi connectivity index (χ2v) is 17.6. The molecule has 0 fully saturated rings. The van der Waals surface area contributed by atoms with Crippen LogP contribution in [0.4, 0.5) is 0 Å². The molecule has 1 aliphatic heterocycles. The number of hydrogen-bond donors (Lipinski definition) is 0. The number of benzene rings is 8. The molecule has 0 radical (unpaired) electrons. The lowest BCUT2D eigenvalue weighted by Crippen LogP contribution is -2.31. The Morgan fingerprint density at radius 2 is 1.02 bits per heavy atom. The van der Waals surface area contributed by atoms with Crippen molar-refractivity contribution in [1.29, 1.82) is 0 Å². The molecule has 0 atom stereocenters. The minimum absolute atomic E-state index is 0.446. The van der Waals surface area contributed by atoms with Gasteiger partial charge in [-0.3, -0.25) is 0 Å². The maximum Gasteiger partial charge on any atom is 0.160 e. The smallest absolute Gasteiger partial charge is 0.160 e. The van der Waals surface area contributed by atoms with Crippen LogP contribution in [0.2, 0.25) is 0 Å². The summed E-state index contributed by atoms with van der Waals surface area (Å²) in [6.45, 7) is 0. The maximum atomic E-state index is 5.44. The third-order valence-corrected chi connectivity index (χ3v) is 14.7. The molecule has 0 amide bonds. The van der Waals surface area contributed by atoms with Crippen molar-refractivity contribution in [2.45, 2.75) is 15.2 Å². The van der Waals surface area contributed by atoms with E-state index in [1.165, 1.54) is 53.3 Å². The number of nitrogens with zero attached hydrogens (tertiary/aromatic N) is 3. The molecular formula is C54H31N3S2. The van der Waals surface area contributed by atoms with Crippen LogP contribution in [0.15, 0.2) is 198 Å². The van der Waals surface area contributed by atoms with Crippen molar-refractivity contribution in [3.05, 3.63) is 210 Å². The normalized spacial score (nSPS) is 13.5. The van der Waals surface area contributed by atoms with Crippen molar-refractivity contribution in [2.24, 2.45) is 0 Å². The first-order valence-electron chi connectivity index (χ1n) is 19.9. The van der Waals surface area contributed by atoms with Gasteiger partial charge in [-0.25, -0.2) is 15.0 Å². The number of aromatic nitrogens is 3. The van der Waals surface area contributed by atoms with E-state index in [2.05, 4.69) is 170 Å². The van der Waals surface area contributed by atoms with E-state index >= 15 is 0 Å². The zero-order chi connectivity index (χ0) is 38.7. The molecular weight excluding hydrogens is 755 g/mol. The van der Waals surface area contributed by atoms with Gasteiger partial charge >= 0.3 is 0 Å². The van der Waals surface area contributed by atoms with Crippen LogP contribution in [0.3, 0.4) is 0 Å². The minimum Gasteiger partial charge on any atom is -0.247 e. The lowest BCUT2D eigenvalue weighted by Gasteiger charge is -2.39. The molecule has 11 aromatic rings. The average Bonchev–Trinajstić information content (AvgIpc) is 3.82. The van der Waals surface area contributed by atoms with Crippen molar-refractivity contribution < 1.29 is 0 Å². The fourth-order valence-corrected chi connectivity index (χ4v) is 12.2. The number of rotatable bonds is 3. The van der Waals surface area contributed by atoms with Crippen LogP contribution in [-0.2, 0) is 5.41 Å². The SMILES string of the molecule is c1ccc(-c2nc(-c3ccc(-c4nc5ccccc5c5cc6c(cc45)-c4ccccc4C64c5ccccc5Sc5ccccc54)cc3)c3sc4ccccc4c3n2)cc1. The predicted octanol–water partition coefficient (Wildman–Crippen LogP) is 14.4. The van der Waals surface area contributed by atoms with Gasteiger partial charge in [0.05, 0.1) is 32.5 Å². The summed E-state index contributed by atoms with van der Waals surface area (Å²) in [4.78, 5) is 18.4. The summed E-state index contributed by atoms with van der Waals surface area (Å²) in [5, 5.41) is 4.68. The Balaban J connectivity index is 1.04. The molecule has 5 heteroatoms. The molecule has 0 unspecified atom stereocenters. The zero-order valence-corrected chi connectivity index (χ0v) is 33.2. The molecule has 1 spiro atoms. The number of fused-ring (bicyclic) bond motifs is 15. The largest absolute Gasteiger partial charge is 0.247 e. The summed E-state index contributed by atoms with van der Waals surface area (Å²) in [6.07, 6.45) is 0. The third-order valence-electron chi connectivity index (χ3n) is 12.4. The summed E-state index contributed by atoms with van der Waals surface area (Å²) in [5.74, 6) is 0.733. The van der Waals surface area contributed by atoms with Crippen LogP contribution in [0, 0.1) is 0 Å². The highest BCUT2D eigenvalue weighted by Crippen LogP contribution is 2.63. The topological polar surface area (TPSA) is 38.7 Å². The van der Waals surface area contributed by atoms with E-state index in [9.17, 15) is 0 Å². The Hall–Kier alpha value is -6.92. The van der Waals surface area contributed by atoms with Crippen LogP contribution in [0.25, 0.3) is 87.0 Å². The molecule has 8 aromatic carbocycles. The van der Waals surface area contributed by atoms with E-state index in [1.807, 2.05) is 30.0 Å². The number of hydrogen-bond acceptors (Lipinski definition) is 5. The van der Waals surface area contributed by atoms with Crippen LogP contribution in [0.1, 0.15) is 22.3 Å². The van der Waals surface area contributed by atoms with Crippen molar-refractivity contribution >= 4 is 65.1 Å². The van der Waals surface area contributed by atoms with E-state index < -0.39 is 5.41 Å². The summed E-state index contributed by atoms with van der Waals surface area (Å²) >= 11 is 3.64. The van der Waals surface area contributed by atoms with Crippen LogP contribution in [0.5, 0.6) is 0 Å². The van der Waals surface area contributed by atoms with Gasteiger partial charge in [0.25, 0.3) is 0 Å². The molecule has 1 aliphatic carbocycles. The van der Waals surface area contributed by atoms with Gasteiger partial charge < -0.3 is 0 Å². The molecule has 59 heavy (non-hydrogen) atoms. The number of thiophene rings is 1. The van der Waals surface area contributed by atoms with E-state index in [4.69, 9.17) is 15.0 Å². The maximum absolute atomic E-state index is 5.44. The predicted molar refractivity (Wildman–Crippen MR) is 245 cm³/mol. The second-order valence-electron chi connectivity index (χ2n) is 15.4. The standard InChI is InChI=1S/C54H31N3S2/c1-2-14-34(15-3-1)53-56-50(52-51(57-53)37-18-6-11-23-46(37)59-52)33-28-26-32(27-29-33)49-40-30-39-35-16-4-7-19-41(35)54(44(39)31-38(40)36-17-5-10-22-45(36)55-49)42-20-8-12-24-47(42)58-48-25-13-9-21-43(48)54/h1-31H. The van der Waals surface area contributed by atoms with Crippen LogP contribution < -0.4 is 0 Å². The minimum atomic E-state index is -0.446. The van der Waals surface area contributed by atoms with Gasteiger partial charge in [0, 0.05) is 47.3 Å². The highest BCUT2D eigenvalue weighted by Gasteiger charge is 2.50. The summed E-state index contributed by atoms with van der Waals surface area (Å²) in [7, 11) is 0. The van der Waals surface area contributed by atoms with Crippen LogP contribution in [-0.4, -0.2) is 15.0 Å². The van der Waals surface area contributed by atoms with Crippen molar-refractivity contribution in [3.8, 4) is 45.0 Å². The first kappa shape index (κ1) is 33.1. The molecule has 2 aliphatic rings. The summed E-state index contributed by atoms with van der Waals surface area (Å²) in [6, 6.07) is 68.3. The van der Waals surface area contributed by atoms with Gasteiger partial charge in [-0.1, -0.05) is 163 Å². The van der Waals surface area contributed by atoms with Gasteiger partial charge in [0.2, 0.25) is 0 Å². The Labute approximate surface area is 348 Å². The van der Waals surface area contributed by atoms with Gasteiger partial charge in [0.15, 0.2) is 5.82 Å². The molecule has 0 saturated carbocycles. The summed E-state index contributed by atoms with van der Waals surface area (Å²) < 4.78 is 2.31. The quantitative estimate of drug-likeness (QED) is 0.167. The fourth-order valence-electron chi connectivity index (χ4n) is 9.80. The van der Waals surface area contributed by atoms with Crippen molar-refractivity contribution in [3.63, 3.8) is 0 Å². The van der Waals surface area contributed by atoms with Gasteiger partial charge in [0.1, 0.15) is 0 Å². The van der Waals surface area contributed by atoms with Crippen molar-refractivity contribution in [2.75, 3.05) is 0 Å². The van der Waals surface area contributed by atoms with E-state index in [1.54, 1.807) is 11.3 Å². The Morgan fingerprint density at radius 1 is 0.390 bits per heavy atom. The molecule has 3 aromatic heterocycles. The average molecular weight is 786 g/mol. The Kier molecular flexibility index (Phi) is 7.03. The lowest BCUT2D eigenvalue weighted by atomic mass is 9.67. The molecule has 0 N–H and O–H groups in total. The molecule has 274 valence electrons. The van der Waals surface area contributed by atoms with Crippen molar-refractivity contribution in [1.82, 2.24) is 15.0 Å². The summed E-state index contributed by atoms with van der Waals surface area (Å²) in [5.41, 5.74) is 14.5. The first-order valence-corrected chi connectivity index (χ1v) is 21.6. The third kappa shape index (κ3) is 4.68. The Morgan fingerprint density at radius 3 is 1.80 bits per heavy atom. The fraction of sp³-hybridized carbons (Fsp3) is 0.0185. The van der Waals surface area contributed by atoms with E-state index in [0.29, 0.717) is 0 Å². The second kappa shape index (κ2) is 12.5. The monoisotopic (exact) mass is 785 g/mol.